The maximum Gasteiger partial charge on any atom is 0.223 e. The standard InChI is InChI=1S/C7H11NO2/c9-6-2-1-4-5(6)3-8-7(4)10/h4-6,9H,1-3H2,(H,8,10)/t4-,5-,6+/m0/s1. The Kier molecular flexibility index (Phi) is 1.20. The highest BCUT2D eigenvalue weighted by Crippen LogP contribution is 2.34. The normalized spacial score (nSPS) is 45.3. The highest BCUT2D eigenvalue weighted by molar-refractivity contribution is 5.81. The van der Waals surface area contributed by atoms with E-state index >= 15 is 0 Å². The van der Waals surface area contributed by atoms with E-state index in [2.05, 4.69) is 5.32 Å². The van der Waals surface area contributed by atoms with Crippen molar-refractivity contribution in [1.82, 2.24) is 5.32 Å². The molecule has 1 saturated heterocycles. The zero-order valence-corrected chi connectivity index (χ0v) is 5.71. The summed E-state index contributed by atoms with van der Waals surface area (Å²) in [5.41, 5.74) is 0. The summed E-state index contributed by atoms with van der Waals surface area (Å²) in [6, 6.07) is 0. The number of aliphatic hydroxyl groups excluding tert-OH is 1. The summed E-state index contributed by atoms with van der Waals surface area (Å²) in [5.74, 6) is 0.476. The van der Waals surface area contributed by atoms with Crippen molar-refractivity contribution < 1.29 is 9.90 Å². The lowest BCUT2D eigenvalue weighted by atomic mass is 9.99. The number of nitrogens with one attached hydrogen (secondary N) is 1. The highest BCUT2D eigenvalue weighted by Gasteiger charge is 2.43. The van der Waals surface area contributed by atoms with Crippen LogP contribution >= 0.6 is 0 Å². The maximum atomic E-state index is 11.0. The third-order valence-corrected chi connectivity index (χ3v) is 2.63. The number of carbonyl (C=O) groups excluding carboxylic acids is 1. The van der Waals surface area contributed by atoms with Crippen LogP contribution in [-0.2, 0) is 4.79 Å². The average Bonchev–Trinajstić information content (AvgIpc) is 2.41. The quantitative estimate of drug-likeness (QED) is 0.478. The summed E-state index contributed by atoms with van der Waals surface area (Å²) in [6.45, 7) is 0.685. The van der Waals surface area contributed by atoms with E-state index in [0.29, 0.717) is 6.54 Å². The lowest BCUT2D eigenvalue weighted by molar-refractivity contribution is -0.122. The fourth-order valence-electron chi connectivity index (χ4n) is 2.00. The number of hydrogen-bond acceptors (Lipinski definition) is 2. The first-order chi connectivity index (χ1) is 4.79. The van der Waals surface area contributed by atoms with Crippen LogP contribution in [0.3, 0.4) is 0 Å². The van der Waals surface area contributed by atoms with Gasteiger partial charge in [0.05, 0.1) is 6.10 Å². The minimum atomic E-state index is -0.232. The van der Waals surface area contributed by atoms with Gasteiger partial charge in [0, 0.05) is 18.4 Å². The Morgan fingerprint density at radius 1 is 1.50 bits per heavy atom. The molecule has 0 radical (unpaired) electrons. The molecule has 10 heavy (non-hydrogen) atoms. The Morgan fingerprint density at radius 3 is 3.00 bits per heavy atom. The molecule has 2 N–H and O–H groups in total. The van der Waals surface area contributed by atoms with E-state index in [1.807, 2.05) is 0 Å². The van der Waals surface area contributed by atoms with Gasteiger partial charge in [-0.25, -0.2) is 0 Å². The molecule has 0 aromatic rings. The van der Waals surface area contributed by atoms with E-state index in [-0.39, 0.29) is 23.8 Å². The van der Waals surface area contributed by atoms with Crippen LogP contribution in [0.4, 0.5) is 0 Å². The van der Waals surface area contributed by atoms with E-state index in [1.165, 1.54) is 0 Å². The molecule has 1 aliphatic carbocycles. The van der Waals surface area contributed by atoms with Gasteiger partial charge in [0.25, 0.3) is 0 Å². The summed E-state index contributed by atoms with van der Waals surface area (Å²) in [4.78, 5) is 11.0. The van der Waals surface area contributed by atoms with Gasteiger partial charge < -0.3 is 10.4 Å². The van der Waals surface area contributed by atoms with Crippen molar-refractivity contribution in [2.45, 2.75) is 18.9 Å². The van der Waals surface area contributed by atoms with Crippen LogP contribution in [0.1, 0.15) is 12.8 Å². The molecule has 3 nitrogen and oxygen atoms in total. The molecule has 2 rings (SSSR count). The number of rotatable bonds is 0. The molecule has 3 atom stereocenters. The molecule has 1 heterocycles. The van der Waals surface area contributed by atoms with E-state index < -0.39 is 0 Å². The zero-order chi connectivity index (χ0) is 7.14. The zero-order valence-electron chi connectivity index (χ0n) is 5.71. The third kappa shape index (κ3) is 0.669. The van der Waals surface area contributed by atoms with Gasteiger partial charge in [-0.05, 0) is 12.8 Å². The predicted octanol–water partition coefficient (Wildman–Crippen LogP) is -0.497. The number of aliphatic hydroxyl groups is 1. The van der Waals surface area contributed by atoms with Crippen LogP contribution in [0, 0.1) is 11.8 Å². The van der Waals surface area contributed by atoms with E-state index in [1.54, 1.807) is 0 Å². The topological polar surface area (TPSA) is 49.3 Å². The van der Waals surface area contributed by atoms with Gasteiger partial charge in [0.15, 0.2) is 0 Å². The van der Waals surface area contributed by atoms with Crippen LogP contribution < -0.4 is 5.32 Å². The molecule has 1 aliphatic heterocycles. The fraction of sp³-hybridized carbons (Fsp3) is 0.857. The lowest BCUT2D eigenvalue weighted by Gasteiger charge is -2.08. The smallest absolute Gasteiger partial charge is 0.223 e. The van der Waals surface area contributed by atoms with E-state index in [0.717, 1.165) is 12.8 Å². The molecule has 0 aromatic heterocycles. The van der Waals surface area contributed by atoms with E-state index in [4.69, 9.17) is 0 Å². The molecule has 0 bridgehead atoms. The van der Waals surface area contributed by atoms with Gasteiger partial charge in [0.2, 0.25) is 5.91 Å². The first-order valence-corrected chi connectivity index (χ1v) is 3.75. The Hall–Kier alpha value is -0.570. The molecule has 0 unspecified atom stereocenters. The molecule has 3 heteroatoms. The number of fused-ring (bicyclic) bond motifs is 1. The Balaban J connectivity index is 2.16. The Morgan fingerprint density at radius 2 is 2.30 bits per heavy atom. The maximum absolute atomic E-state index is 11.0. The first-order valence-electron chi connectivity index (χ1n) is 3.75. The molecule has 0 aromatic carbocycles. The average molecular weight is 141 g/mol. The van der Waals surface area contributed by atoms with Crippen molar-refractivity contribution in [3.05, 3.63) is 0 Å². The van der Waals surface area contributed by atoms with Crippen molar-refractivity contribution in [1.29, 1.82) is 0 Å². The van der Waals surface area contributed by atoms with Gasteiger partial charge in [-0.15, -0.1) is 0 Å². The van der Waals surface area contributed by atoms with Gasteiger partial charge in [-0.1, -0.05) is 0 Å². The first kappa shape index (κ1) is 6.16. The Bertz CT molecular complexity index is 169. The van der Waals surface area contributed by atoms with Crippen LogP contribution in [0.25, 0.3) is 0 Å². The van der Waals surface area contributed by atoms with Crippen molar-refractivity contribution >= 4 is 5.91 Å². The second-order valence-corrected chi connectivity index (χ2v) is 3.16. The van der Waals surface area contributed by atoms with Gasteiger partial charge in [0.1, 0.15) is 0 Å². The molecule has 1 saturated carbocycles. The summed E-state index contributed by atoms with van der Waals surface area (Å²) in [6.07, 6.45) is 1.45. The molecule has 0 spiro atoms. The van der Waals surface area contributed by atoms with Crippen LogP contribution in [0.2, 0.25) is 0 Å². The monoisotopic (exact) mass is 141 g/mol. The highest BCUT2D eigenvalue weighted by atomic mass is 16.3. The summed E-state index contributed by atoms with van der Waals surface area (Å²) in [7, 11) is 0. The van der Waals surface area contributed by atoms with Crippen LogP contribution in [-0.4, -0.2) is 23.7 Å². The van der Waals surface area contributed by atoms with Gasteiger partial charge >= 0.3 is 0 Å². The minimum absolute atomic E-state index is 0.120. The molecular formula is C7H11NO2. The van der Waals surface area contributed by atoms with Gasteiger partial charge in [-0.2, -0.15) is 0 Å². The molecular weight excluding hydrogens is 130 g/mol. The van der Waals surface area contributed by atoms with Crippen molar-refractivity contribution in [3.63, 3.8) is 0 Å². The fourth-order valence-corrected chi connectivity index (χ4v) is 2.00. The number of hydrogen-bond donors (Lipinski definition) is 2. The molecule has 56 valence electrons. The lowest BCUT2D eigenvalue weighted by Crippen LogP contribution is -2.20. The van der Waals surface area contributed by atoms with Crippen LogP contribution in [0.15, 0.2) is 0 Å². The van der Waals surface area contributed by atoms with Crippen molar-refractivity contribution in [2.75, 3.05) is 6.54 Å². The molecule has 2 aliphatic rings. The van der Waals surface area contributed by atoms with Crippen LogP contribution in [0.5, 0.6) is 0 Å². The Labute approximate surface area is 59.4 Å². The second kappa shape index (κ2) is 1.95. The summed E-state index contributed by atoms with van der Waals surface area (Å²) >= 11 is 0. The summed E-state index contributed by atoms with van der Waals surface area (Å²) < 4.78 is 0. The second-order valence-electron chi connectivity index (χ2n) is 3.16. The number of carbonyl (C=O) groups is 1. The predicted molar refractivity (Wildman–Crippen MR) is 35.2 cm³/mol. The van der Waals surface area contributed by atoms with E-state index in [9.17, 15) is 9.90 Å². The third-order valence-electron chi connectivity index (χ3n) is 2.63. The largest absolute Gasteiger partial charge is 0.393 e. The number of amides is 1. The SMILES string of the molecule is O=C1NC[C@@H]2[C@H](O)CC[C@H]12. The van der Waals surface area contributed by atoms with Crippen molar-refractivity contribution in [2.24, 2.45) is 11.8 Å². The molecule has 1 amide bonds. The van der Waals surface area contributed by atoms with Crippen molar-refractivity contribution in [3.8, 4) is 0 Å². The minimum Gasteiger partial charge on any atom is -0.393 e. The van der Waals surface area contributed by atoms with Gasteiger partial charge in [-0.3, -0.25) is 4.79 Å². The molecule has 2 fully saturated rings. The summed E-state index contributed by atoms with van der Waals surface area (Å²) in [5, 5.41) is 12.1.